The molecule has 0 aliphatic carbocycles. The summed E-state index contributed by atoms with van der Waals surface area (Å²) < 4.78 is 30.3. The highest BCUT2D eigenvalue weighted by molar-refractivity contribution is 5.92. The van der Waals surface area contributed by atoms with Crippen LogP contribution in [0.15, 0.2) is 61.1 Å². The second kappa shape index (κ2) is 10.1. The summed E-state index contributed by atoms with van der Waals surface area (Å²) in [6, 6.07) is 2.70. The van der Waals surface area contributed by atoms with Crippen LogP contribution in [0.4, 0.5) is 8.78 Å². The second-order valence-corrected chi connectivity index (χ2v) is 5.38. The van der Waals surface area contributed by atoms with Crippen molar-refractivity contribution in [1.82, 2.24) is 19.7 Å². The van der Waals surface area contributed by atoms with Gasteiger partial charge in [0.2, 0.25) is 0 Å². The standard InChI is InChI=1S/C18H18F2N6.C2H6/c1-4-13(16-23-10-12(3)11-24-16)9-14(5-2)18(19,20)17(22)26-15(21)7-6-8-25-26;1-2/h4-11,21-22H,2H2,1,3H3;1-2H3/b13-4+,14-9+,21-15?,22-17?;. The molecule has 0 aliphatic heterocycles. The van der Waals surface area contributed by atoms with Crippen LogP contribution in [0.1, 0.15) is 32.2 Å². The minimum Gasteiger partial charge on any atom is -0.283 e. The zero-order valence-corrected chi connectivity index (χ0v) is 16.4. The molecule has 0 atom stereocenters. The topological polar surface area (TPSA) is 91.3 Å². The van der Waals surface area contributed by atoms with E-state index in [0.29, 0.717) is 10.3 Å². The van der Waals surface area contributed by atoms with Crippen LogP contribution in [0.25, 0.3) is 5.57 Å². The van der Waals surface area contributed by atoms with E-state index in [1.54, 1.807) is 25.4 Å². The first kappa shape index (κ1) is 22.8. The number of aromatic nitrogens is 4. The lowest BCUT2D eigenvalue weighted by molar-refractivity contribution is 0.117. The summed E-state index contributed by atoms with van der Waals surface area (Å²) in [7, 11) is 0. The molecule has 0 bridgehead atoms. The van der Waals surface area contributed by atoms with Gasteiger partial charge >= 0.3 is 5.92 Å². The fourth-order valence-electron chi connectivity index (χ4n) is 2.08. The predicted molar refractivity (Wildman–Crippen MR) is 106 cm³/mol. The number of hydrogen-bond donors (Lipinski definition) is 2. The zero-order valence-electron chi connectivity index (χ0n) is 16.4. The molecule has 0 saturated carbocycles. The molecule has 2 N–H and O–H groups in total. The van der Waals surface area contributed by atoms with Crippen molar-refractivity contribution < 1.29 is 8.78 Å². The highest BCUT2D eigenvalue weighted by Gasteiger charge is 2.40. The fraction of sp³-hybridized carbons (Fsp3) is 0.250. The van der Waals surface area contributed by atoms with Gasteiger partial charge in [0.15, 0.2) is 11.7 Å². The minimum atomic E-state index is -3.71. The molecule has 28 heavy (non-hydrogen) atoms. The summed E-state index contributed by atoms with van der Waals surface area (Å²) in [5, 5.41) is 19.1. The molecule has 0 unspecified atom stereocenters. The quantitative estimate of drug-likeness (QED) is 0.459. The number of alkyl halides is 2. The molecule has 0 aromatic carbocycles. The molecule has 2 heterocycles. The van der Waals surface area contributed by atoms with E-state index >= 15 is 0 Å². The van der Waals surface area contributed by atoms with Crippen LogP contribution < -0.4 is 5.49 Å². The monoisotopic (exact) mass is 386 g/mol. The summed E-state index contributed by atoms with van der Waals surface area (Å²) in [4.78, 5) is 8.26. The Bertz CT molecular complexity index is 940. The number of nitrogens with one attached hydrogen (secondary N) is 2. The molecule has 0 spiro atoms. The number of hydrogen-bond acceptors (Lipinski definition) is 5. The first-order valence-electron chi connectivity index (χ1n) is 8.67. The zero-order chi connectivity index (χ0) is 21.3. The van der Waals surface area contributed by atoms with E-state index in [-0.39, 0.29) is 11.3 Å². The summed E-state index contributed by atoms with van der Waals surface area (Å²) in [6.07, 6.45) is 8.15. The van der Waals surface area contributed by atoms with Crippen LogP contribution in [0, 0.1) is 17.7 Å². The summed E-state index contributed by atoms with van der Waals surface area (Å²) in [5.74, 6) is -4.57. The lowest BCUT2D eigenvalue weighted by Gasteiger charge is -2.19. The van der Waals surface area contributed by atoms with Gasteiger partial charge in [0.1, 0.15) is 5.49 Å². The van der Waals surface area contributed by atoms with E-state index in [0.717, 1.165) is 11.6 Å². The van der Waals surface area contributed by atoms with E-state index in [9.17, 15) is 8.78 Å². The van der Waals surface area contributed by atoms with Crippen LogP contribution >= 0.6 is 0 Å². The third kappa shape index (κ3) is 5.12. The number of rotatable bonds is 5. The van der Waals surface area contributed by atoms with Crippen LogP contribution in [0.3, 0.4) is 0 Å². The maximum absolute atomic E-state index is 14.8. The summed E-state index contributed by atoms with van der Waals surface area (Å²) in [6.45, 7) is 10.9. The second-order valence-electron chi connectivity index (χ2n) is 5.38. The average molecular weight is 386 g/mol. The summed E-state index contributed by atoms with van der Waals surface area (Å²) >= 11 is 0. The van der Waals surface area contributed by atoms with Gasteiger partial charge in [-0.1, -0.05) is 32.6 Å². The summed E-state index contributed by atoms with van der Waals surface area (Å²) in [5.41, 5.74) is 0.370. The van der Waals surface area contributed by atoms with Crippen molar-refractivity contribution in [3.05, 3.63) is 78.0 Å². The highest BCUT2D eigenvalue weighted by atomic mass is 19.3. The molecule has 148 valence electrons. The largest absolute Gasteiger partial charge is 0.331 e. The number of aryl methyl sites for hydroxylation is 1. The normalized spacial score (nSPS) is 12.1. The lowest BCUT2D eigenvalue weighted by atomic mass is 10.0. The van der Waals surface area contributed by atoms with E-state index in [1.165, 1.54) is 24.4 Å². The molecule has 0 amide bonds. The third-order valence-corrected chi connectivity index (χ3v) is 3.50. The molecule has 0 saturated heterocycles. The Morgan fingerprint density at radius 3 is 2.36 bits per heavy atom. The Morgan fingerprint density at radius 2 is 1.86 bits per heavy atom. The SMILES string of the molecule is C=C/C(=C\C(=C/C)c1ncc(C)cn1)C(F)(F)C(=N)n1ncccc1=N.CC. The molecule has 0 aliphatic rings. The van der Waals surface area contributed by atoms with E-state index in [2.05, 4.69) is 21.6 Å². The van der Waals surface area contributed by atoms with Crippen LogP contribution in [0.5, 0.6) is 0 Å². The van der Waals surface area contributed by atoms with Crippen molar-refractivity contribution in [3.8, 4) is 0 Å². The Hall–Kier alpha value is -3.29. The molecule has 0 fully saturated rings. The predicted octanol–water partition coefficient (Wildman–Crippen LogP) is 4.16. The van der Waals surface area contributed by atoms with Crippen LogP contribution in [-0.2, 0) is 0 Å². The lowest BCUT2D eigenvalue weighted by Crippen LogP contribution is -2.41. The molecular formula is C20H24F2N6. The van der Waals surface area contributed by atoms with Gasteiger partial charge in [-0.2, -0.15) is 18.6 Å². The average Bonchev–Trinajstić information content (AvgIpc) is 2.71. The number of nitrogens with zero attached hydrogens (tertiary/aromatic N) is 4. The van der Waals surface area contributed by atoms with Crippen molar-refractivity contribution in [2.45, 2.75) is 33.6 Å². The first-order valence-corrected chi connectivity index (χ1v) is 8.67. The highest BCUT2D eigenvalue weighted by Crippen LogP contribution is 2.29. The van der Waals surface area contributed by atoms with Gasteiger partial charge in [0.05, 0.1) is 0 Å². The van der Waals surface area contributed by atoms with Crippen LogP contribution in [-0.4, -0.2) is 31.5 Å². The van der Waals surface area contributed by atoms with Crippen molar-refractivity contribution in [2.24, 2.45) is 0 Å². The maximum Gasteiger partial charge on any atom is 0.331 e. The molecular weight excluding hydrogens is 362 g/mol. The molecule has 0 radical (unpaired) electrons. The van der Waals surface area contributed by atoms with E-state index < -0.39 is 17.3 Å². The van der Waals surface area contributed by atoms with Crippen molar-refractivity contribution in [3.63, 3.8) is 0 Å². The van der Waals surface area contributed by atoms with E-state index in [1.807, 2.05) is 20.8 Å². The minimum absolute atomic E-state index is 0.284. The number of allylic oxidation sites excluding steroid dienone is 5. The molecule has 2 aromatic heterocycles. The van der Waals surface area contributed by atoms with Crippen LogP contribution in [0.2, 0.25) is 0 Å². The van der Waals surface area contributed by atoms with Crippen molar-refractivity contribution in [2.75, 3.05) is 0 Å². The first-order chi connectivity index (χ1) is 13.3. The van der Waals surface area contributed by atoms with Gasteiger partial charge in [-0.15, -0.1) is 0 Å². The van der Waals surface area contributed by atoms with Gasteiger partial charge in [-0.25, -0.2) is 9.97 Å². The van der Waals surface area contributed by atoms with Crippen molar-refractivity contribution >= 4 is 11.4 Å². The fourth-order valence-corrected chi connectivity index (χ4v) is 2.08. The van der Waals surface area contributed by atoms with E-state index in [4.69, 9.17) is 10.8 Å². The molecule has 2 aromatic rings. The van der Waals surface area contributed by atoms with Gasteiger partial charge in [0, 0.05) is 29.7 Å². The number of halogens is 2. The maximum atomic E-state index is 14.8. The molecule has 8 heteroatoms. The van der Waals surface area contributed by atoms with Gasteiger partial charge < -0.3 is 0 Å². The third-order valence-electron chi connectivity index (χ3n) is 3.50. The Morgan fingerprint density at radius 1 is 1.25 bits per heavy atom. The Kier molecular flexibility index (Phi) is 8.25. The Labute approximate surface area is 163 Å². The van der Waals surface area contributed by atoms with Crippen molar-refractivity contribution in [1.29, 1.82) is 10.8 Å². The molecule has 6 nitrogen and oxygen atoms in total. The van der Waals surface area contributed by atoms with Gasteiger partial charge in [0.25, 0.3) is 0 Å². The van der Waals surface area contributed by atoms with Gasteiger partial charge in [-0.3, -0.25) is 10.8 Å². The Balaban J connectivity index is 0.00000190. The van der Waals surface area contributed by atoms with Gasteiger partial charge in [-0.05, 0) is 37.6 Å². The smallest absolute Gasteiger partial charge is 0.283 e. The molecule has 2 rings (SSSR count).